The Kier molecular flexibility index (Phi) is 6.86. The minimum absolute atomic E-state index is 0.0520. The van der Waals surface area contributed by atoms with Gasteiger partial charge in [-0.3, -0.25) is 4.79 Å². The van der Waals surface area contributed by atoms with Crippen molar-refractivity contribution < 1.29 is 31.8 Å². The topological polar surface area (TPSA) is 161 Å². The van der Waals surface area contributed by atoms with Gasteiger partial charge < -0.3 is 19.3 Å². The van der Waals surface area contributed by atoms with Crippen molar-refractivity contribution in [3.8, 4) is 0 Å². The van der Waals surface area contributed by atoms with Gasteiger partial charge in [0.05, 0.1) is 51.1 Å². The van der Waals surface area contributed by atoms with Crippen LogP contribution in [0.4, 0.5) is 0 Å². The van der Waals surface area contributed by atoms with Crippen LogP contribution in [0.1, 0.15) is 0 Å². The van der Waals surface area contributed by atoms with E-state index in [1.807, 2.05) is 0 Å². The van der Waals surface area contributed by atoms with Crippen molar-refractivity contribution in [2.75, 3.05) is 19.1 Å². The van der Waals surface area contributed by atoms with Crippen molar-refractivity contribution in [2.24, 2.45) is 0 Å². The first-order chi connectivity index (χ1) is 15.4. The Morgan fingerprint density at radius 3 is 1.73 bits per heavy atom. The summed E-state index contributed by atoms with van der Waals surface area (Å²) < 4.78 is 49.3. The SMILES string of the molecule is CS(=O)(=O)c1cccc2ncn(CC(=O)O)c12.CS(=O)(=O)c1cccc2ncn(CCO)c12. The van der Waals surface area contributed by atoms with Crippen LogP contribution in [-0.4, -0.2) is 71.2 Å². The molecule has 13 heteroatoms. The Labute approximate surface area is 189 Å². The molecule has 0 radical (unpaired) electrons. The number of aliphatic hydroxyl groups is 1. The van der Waals surface area contributed by atoms with E-state index in [1.165, 1.54) is 23.3 Å². The molecule has 4 rings (SSSR count). The van der Waals surface area contributed by atoms with Crippen molar-refractivity contribution in [2.45, 2.75) is 22.9 Å². The number of para-hydroxylation sites is 2. The van der Waals surface area contributed by atoms with Crippen LogP contribution in [0.5, 0.6) is 0 Å². The van der Waals surface area contributed by atoms with Crippen LogP contribution in [0.2, 0.25) is 0 Å². The second kappa shape index (κ2) is 9.29. The fourth-order valence-corrected chi connectivity index (χ4v) is 5.13. The fraction of sp³-hybridized carbons (Fsp3) is 0.250. The van der Waals surface area contributed by atoms with Crippen LogP contribution < -0.4 is 0 Å². The van der Waals surface area contributed by atoms with Gasteiger partial charge in [-0.25, -0.2) is 26.8 Å². The quantitative estimate of drug-likeness (QED) is 0.397. The maximum absolute atomic E-state index is 11.6. The molecule has 11 nitrogen and oxygen atoms in total. The number of carboxylic acids is 1. The summed E-state index contributed by atoms with van der Waals surface area (Å²) in [5.74, 6) is -1.05. The summed E-state index contributed by atoms with van der Waals surface area (Å²) in [5.41, 5.74) is 1.97. The number of hydrogen-bond acceptors (Lipinski definition) is 8. The highest BCUT2D eigenvalue weighted by molar-refractivity contribution is 7.91. The number of carboxylic acid groups (broad SMARTS) is 1. The van der Waals surface area contributed by atoms with E-state index in [4.69, 9.17) is 10.2 Å². The molecule has 2 aromatic carbocycles. The lowest BCUT2D eigenvalue weighted by Gasteiger charge is -2.05. The first-order valence-electron chi connectivity index (χ1n) is 9.54. The lowest BCUT2D eigenvalue weighted by atomic mass is 10.3. The largest absolute Gasteiger partial charge is 0.480 e. The number of aliphatic hydroxyl groups excluding tert-OH is 1. The van der Waals surface area contributed by atoms with Gasteiger partial charge >= 0.3 is 5.97 Å². The molecule has 0 spiro atoms. The van der Waals surface area contributed by atoms with E-state index in [9.17, 15) is 21.6 Å². The maximum Gasteiger partial charge on any atom is 0.323 e. The first kappa shape index (κ1) is 24.4. The molecule has 4 aromatic rings. The zero-order valence-electron chi connectivity index (χ0n) is 17.8. The fourth-order valence-electron chi connectivity index (χ4n) is 3.33. The van der Waals surface area contributed by atoms with Crippen molar-refractivity contribution in [1.82, 2.24) is 19.1 Å². The van der Waals surface area contributed by atoms with Gasteiger partial charge in [-0.1, -0.05) is 12.1 Å². The predicted molar refractivity (Wildman–Crippen MR) is 120 cm³/mol. The Morgan fingerprint density at radius 2 is 1.30 bits per heavy atom. The molecule has 33 heavy (non-hydrogen) atoms. The Morgan fingerprint density at radius 1 is 0.848 bits per heavy atom. The Hall–Kier alpha value is -3.29. The molecule has 0 unspecified atom stereocenters. The number of fused-ring (bicyclic) bond motifs is 2. The molecule has 2 N–H and O–H groups in total. The molecule has 0 saturated carbocycles. The van der Waals surface area contributed by atoms with Crippen molar-refractivity contribution >= 4 is 47.7 Å². The molecule has 176 valence electrons. The highest BCUT2D eigenvalue weighted by Gasteiger charge is 2.17. The van der Waals surface area contributed by atoms with E-state index in [1.54, 1.807) is 34.9 Å². The number of sulfone groups is 2. The van der Waals surface area contributed by atoms with E-state index in [2.05, 4.69) is 9.97 Å². The molecule has 0 aliphatic heterocycles. The Bertz CT molecular complexity index is 1540. The van der Waals surface area contributed by atoms with Crippen LogP contribution in [0.25, 0.3) is 22.1 Å². The molecule has 0 atom stereocenters. The van der Waals surface area contributed by atoms with Crippen LogP contribution >= 0.6 is 0 Å². The van der Waals surface area contributed by atoms with Crippen LogP contribution in [-0.2, 0) is 37.6 Å². The average molecular weight is 495 g/mol. The van der Waals surface area contributed by atoms with E-state index >= 15 is 0 Å². The number of hydrogen-bond donors (Lipinski definition) is 2. The van der Waals surface area contributed by atoms with Gasteiger partial charge in [-0.15, -0.1) is 0 Å². The van der Waals surface area contributed by atoms with Crippen molar-refractivity contribution in [1.29, 1.82) is 0 Å². The summed E-state index contributed by atoms with van der Waals surface area (Å²) in [4.78, 5) is 19.1. The number of aromatic nitrogens is 4. The zero-order chi connectivity index (χ0) is 24.4. The summed E-state index contributed by atoms with van der Waals surface area (Å²) in [6.45, 7) is -0.0321. The molecule has 2 heterocycles. The van der Waals surface area contributed by atoms with Crippen LogP contribution in [0.15, 0.2) is 58.8 Å². The maximum atomic E-state index is 11.6. The van der Waals surface area contributed by atoms with Crippen molar-refractivity contribution in [3.05, 3.63) is 49.1 Å². The third-order valence-corrected chi connectivity index (χ3v) is 6.90. The number of rotatable bonds is 6. The summed E-state index contributed by atoms with van der Waals surface area (Å²) in [5, 5.41) is 17.6. The minimum Gasteiger partial charge on any atom is -0.480 e. The zero-order valence-corrected chi connectivity index (χ0v) is 19.4. The lowest BCUT2D eigenvalue weighted by Crippen LogP contribution is -2.09. The van der Waals surface area contributed by atoms with E-state index in [0.29, 0.717) is 28.6 Å². The number of benzene rings is 2. The summed E-state index contributed by atoms with van der Waals surface area (Å²) in [6.07, 6.45) is 5.11. The standard InChI is InChI=1S/C10H10N2O4S.C10H12N2O3S/c1-17(15,16)8-4-2-3-7-10(8)12(6-11-7)5-9(13)14;1-16(14,15)9-4-2-3-8-10(9)12(5-6-13)7-11-8/h2-4,6H,5H2,1H3,(H,13,14);2-4,7,13H,5-6H2,1H3. The van der Waals surface area contributed by atoms with Gasteiger partial charge in [0.2, 0.25) is 0 Å². The van der Waals surface area contributed by atoms with E-state index in [-0.39, 0.29) is 22.9 Å². The molecule has 0 aliphatic rings. The molecular formula is C20H22N4O7S2. The van der Waals surface area contributed by atoms with E-state index in [0.717, 1.165) is 12.5 Å². The summed E-state index contributed by atoms with van der Waals surface area (Å²) in [6, 6.07) is 9.62. The third-order valence-electron chi connectivity index (χ3n) is 4.65. The number of carbonyl (C=O) groups is 1. The molecule has 0 bridgehead atoms. The second-order valence-corrected chi connectivity index (χ2v) is 11.2. The van der Waals surface area contributed by atoms with Gasteiger partial charge in [-0.05, 0) is 24.3 Å². The smallest absolute Gasteiger partial charge is 0.323 e. The van der Waals surface area contributed by atoms with Crippen LogP contribution in [0, 0.1) is 0 Å². The molecule has 0 saturated heterocycles. The minimum atomic E-state index is -3.41. The van der Waals surface area contributed by atoms with Gasteiger partial charge in [0, 0.05) is 19.1 Å². The Balaban J connectivity index is 0.000000186. The average Bonchev–Trinajstić information content (AvgIpc) is 3.31. The second-order valence-electron chi connectivity index (χ2n) is 7.22. The number of nitrogens with zero attached hydrogens (tertiary/aromatic N) is 4. The monoisotopic (exact) mass is 494 g/mol. The molecule has 2 aromatic heterocycles. The third kappa shape index (κ3) is 5.38. The molecule has 0 fully saturated rings. The van der Waals surface area contributed by atoms with E-state index < -0.39 is 25.6 Å². The molecule has 0 amide bonds. The van der Waals surface area contributed by atoms with Gasteiger partial charge in [0.15, 0.2) is 19.7 Å². The van der Waals surface area contributed by atoms with Crippen molar-refractivity contribution in [3.63, 3.8) is 0 Å². The lowest BCUT2D eigenvalue weighted by molar-refractivity contribution is -0.137. The number of imidazole rings is 2. The highest BCUT2D eigenvalue weighted by atomic mass is 32.2. The normalized spacial score (nSPS) is 12.0. The highest BCUT2D eigenvalue weighted by Crippen LogP contribution is 2.23. The summed E-state index contributed by atoms with van der Waals surface area (Å²) in [7, 11) is -6.69. The number of aliphatic carboxylic acids is 1. The predicted octanol–water partition coefficient (Wildman–Crippen LogP) is 0.957. The summed E-state index contributed by atoms with van der Waals surface area (Å²) >= 11 is 0. The van der Waals surface area contributed by atoms with Gasteiger partial charge in [-0.2, -0.15) is 0 Å². The van der Waals surface area contributed by atoms with Gasteiger partial charge in [0.25, 0.3) is 0 Å². The first-order valence-corrected chi connectivity index (χ1v) is 13.3. The van der Waals surface area contributed by atoms with Gasteiger partial charge in [0.1, 0.15) is 6.54 Å². The molecular weight excluding hydrogens is 472 g/mol. The van der Waals surface area contributed by atoms with Crippen LogP contribution in [0.3, 0.4) is 0 Å². The molecule has 0 aliphatic carbocycles.